The first-order valence-corrected chi connectivity index (χ1v) is 9.93. The number of benzene rings is 1. The van der Waals surface area contributed by atoms with Gasteiger partial charge in [0, 0.05) is 58.9 Å². The van der Waals surface area contributed by atoms with Crippen LogP contribution in [0.25, 0.3) is 0 Å². The van der Waals surface area contributed by atoms with E-state index in [1.54, 1.807) is 11.3 Å². The SMILES string of the molecule is CN(Cc1c(Cl)cccc1Cl)C1CCN(Cc2cnc(Cl)s2)CC1. The summed E-state index contributed by atoms with van der Waals surface area (Å²) in [4.78, 5) is 10.2. The van der Waals surface area contributed by atoms with Crippen molar-refractivity contribution in [2.24, 2.45) is 0 Å². The van der Waals surface area contributed by atoms with Gasteiger partial charge in [0.1, 0.15) is 0 Å². The lowest BCUT2D eigenvalue weighted by molar-refractivity contribution is 0.120. The highest BCUT2D eigenvalue weighted by Gasteiger charge is 2.23. The van der Waals surface area contributed by atoms with Gasteiger partial charge in [-0.25, -0.2) is 4.98 Å². The number of halogens is 3. The first-order chi connectivity index (χ1) is 11.5. The fourth-order valence-electron chi connectivity index (χ4n) is 3.16. The maximum Gasteiger partial charge on any atom is 0.183 e. The van der Waals surface area contributed by atoms with Gasteiger partial charge in [0.15, 0.2) is 4.47 Å². The van der Waals surface area contributed by atoms with Crippen LogP contribution in [-0.4, -0.2) is 41.0 Å². The summed E-state index contributed by atoms with van der Waals surface area (Å²) in [5.41, 5.74) is 1.02. The average Bonchev–Trinajstić information content (AvgIpc) is 2.96. The molecule has 0 spiro atoms. The summed E-state index contributed by atoms with van der Waals surface area (Å²) in [6, 6.07) is 6.25. The maximum atomic E-state index is 6.29. The van der Waals surface area contributed by atoms with Gasteiger partial charge in [-0.1, -0.05) is 40.9 Å². The van der Waals surface area contributed by atoms with Gasteiger partial charge < -0.3 is 0 Å². The summed E-state index contributed by atoms with van der Waals surface area (Å²) in [5.74, 6) is 0. The molecule has 1 aliphatic heterocycles. The molecule has 0 aliphatic carbocycles. The van der Waals surface area contributed by atoms with Gasteiger partial charge >= 0.3 is 0 Å². The van der Waals surface area contributed by atoms with E-state index in [2.05, 4.69) is 21.8 Å². The third kappa shape index (κ3) is 4.63. The van der Waals surface area contributed by atoms with Gasteiger partial charge in [0.05, 0.1) is 0 Å². The molecule has 0 saturated carbocycles. The Balaban J connectivity index is 1.52. The molecule has 0 radical (unpaired) electrons. The Morgan fingerprint density at radius 1 is 1.21 bits per heavy atom. The van der Waals surface area contributed by atoms with Crippen molar-refractivity contribution >= 4 is 46.1 Å². The Morgan fingerprint density at radius 3 is 2.46 bits per heavy atom. The Hall–Kier alpha value is -0.360. The molecule has 7 heteroatoms. The molecule has 0 atom stereocenters. The molecule has 2 aromatic rings. The number of likely N-dealkylation sites (tertiary alicyclic amines) is 1. The van der Waals surface area contributed by atoms with Crippen molar-refractivity contribution in [3.8, 4) is 0 Å². The number of hydrogen-bond acceptors (Lipinski definition) is 4. The number of aromatic nitrogens is 1. The zero-order valence-corrected chi connectivity index (χ0v) is 16.6. The highest BCUT2D eigenvalue weighted by molar-refractivity contribution is 7.15. The van der Waals surface area contributed by atoms with Crippen LogP contribution in [0.5, 0.6) is 0 Å². The Morgan fingerprint density at radius 2 is 1.88 bits per heavy atom. The molecule has 1 fully saturated rings. The molecule has 0 bridgehead atoms. The molecular weight excluding hydrogens is 385 g/mol. The standard InChI is InChI=1S/C17H20Cl3N3S/c1-22(11-14-15(18)3-2-4-16(14)19)12-5-7-23(8-6-12)10-13-9-21-17(20)24-13/h2-4,9,12H,5-8,10-11H2,1H3. The van der Waals surface area contributed by atoms with Crippen molar-refractivity contribution in [1.82, 2.24) is 14.8 Å². The Labute approximate surface area is 162 Å². The molecule has 1 aliphatic rings. The van der Waals surface area contributed by atoms with Crippen molar-refractivity contribution < 1.29 is 0 Å². The van der Waals surface area contributed by atoms with Crippen LogP contribution in [-0.2, 0) is 13.1 Å². The molecule has 1 saturated heterocycles. The summed E-state index contributed by atoms with van der Waals surface area (Å²) < 4.78 is 0.622. The predicted molar refractivity (Wildman–Crippen MR) is 103 cm³/mol. The number of hydrogen-bond donors (Lipinski definition) is 0. The van der Waals surface area contributed by atoms with Crippen LogP contribution >= 0.6 is 46.1 Å². The van der Waals surface area contributed by atoms with Crippen LogP contribution in [0.15, 0.2) is 24.4 Å². The second-order valence-corrected chi connectivity index (χ2v) is 8.71. The molecule has 3 nitrogen and oxygen atoms in total. The summed E-state index contributed by atoms with van der Waals surface area (Å²) in [6.07, 6.45) is 4.17. The highest BCUT2D eigenvalue weighted by atomic mass is 35.5. The van der Waals surface area contributed by atoms with E-state index in [4.69, 9.17) is 34.8 Å². The minimum absolute atomic E-state index is 0.554. The molecule has 3 rings (SSSR count). The van der Waals surface area contributed by atoms with E-state index in [0.717, 1.165) is 54.6 Å². The molecule has 1 aromatic heterocycles. The molecule has 1 aromatic carbocycles. The minimum atomic E-state index is 0.554. The largest absolute Gasteiger partial charge is 0.299 e. The number of piperidine rings is 1. The highest BCUT2D eigenvalue weighted by Crippen LogP contribution is 2.28. The lowest BCUT2D eigenvalue weighted by Gasteiger charge is -2.36. The van der Waals surface area contributed by atoms with E-state index in [-0.39, 0.29) is 0 Å². The third-order valence-electron chi connectivity index (χ3n) is 4.55. The van der Waals surface area contributed by atoms with Gasteiger partial charge in [-0.2, -0.15) is 0 Å². The third-order valence-corrected chi connectivity index (χ3v) is 6.36. The van der Waals surface area contributed by atoms with E-state index in [1.807, 2.05) is 24.4 Å². The molecule has 0 unspecified atom stereocenters. The molecule has 0 amide bonds. The van der Waals surface area contributed by atoms with Crippen molar-refractivity contribution in [1.29, 1.82) is 0 Å². The average molecular weight is 405 g/mol. The van der Waals surface area contributed by atoms with E-state index < -0.39 is 0 Å². The van der Waals surface area contributed by atoms with Crippen molar-refractivity contribution in [3.05, 3.63) is 49.3 Å². The van der Waals surface area contributed by atoms with Crippen LogP contribution in [0.2, 0.25) is 14.5 Å². The zero-order valence-electron chi connectivity index (χ0n) is 13.5. The van der Waals surface area contributed by atoms with Crippen LogP contribution < -0.4 is 0 Å². The van der Waals surface area contributed by atoms with Crippen molar-refractivity contribution in [2.75, 3.05) is 20.1 Å². The Kier molecular flexibility index (Phi) is 6.41. The smallest absolute Gasteiger partial charge is 0.183 e. The van der Waals surface area contributed by atoms with Crippen LogP contribution in [0.1, 0.15) is 23.3 Å². The van der Waals surface area contributed by atoms with E-state index in [9.17, 15) is 0 Å². The van der Waals surface area contributed by atoms with Crippen molar-refractivity contribution in [3.63, 3.8) is 0 Å². The number of thiazole rings is 1. The fraction of sp³-hybridized carbons (Fsp3) is 0.471. The first kappa shape index (κ1) is 18.4. The lowest BCUT2D eigenvalue weighted by atomic mass is 10.0. The second-order valence-electron chi connectivity index (χ2n) is 6.20. The molecule has 24 heavy (non-hydrogen) atoms. The topological polar surface area (TPSA) is 19.4 Å². The molecular formula is C17H20Cl3N3S. The number of rotatable bonds is 5. The van der Waals surface area contributed by atoms with Gasteiger partial charge in [-0.05, 0) is 32.0 Å². The second kappa shape index (κ2) is 8.35. The monoisotopic (exact) mass is 403 g/mol. The van der Waals surface area contributed by atoms with Gasteiger partial charge in [-0.15, -0.1) is 11.3 Å². The predicted octanol–water partition coefficient (Wildman–Crippen LogP) is 5.20. The number of nitrogens with zero attached hydrogens (tertiary/aromatic N) is 3. The molecule has 0 N–H and O–H groups in total. The summed E-state index contributed by atoms with van der Waals surface area (Å²) in [7, 11) is 2.16. The van der Waals surface area contributed by atoms with Crippen LogP contribution in [0, 0.1) is 0 Å². The van der Waals surface area contributed by atoms with Gasteiger partial charge in [0.25, 0.3) is 0 Å². The summed E-state index contributed by atoms with van der Waals surface area (Å²) >= 11 is 20.1. The van der Waals surface area contributed by atoms with Crippen LogP contribution in [0.4, 0.5) is 0 Å². The van der Waals surface area contributed by atoms with Crippen molar-refractivity contribution in [2.45, 2.75) is 32.0 Å². The zero-order chi connectivity index (χ0) is 17.1. The van der Waals surface area contributed by atoms with E-state index in [1.165, 1.54) is 4.88 Å². The van der Waals surface area contributed by atoms with E-state index in [0.29, 0.717) is 10.5 Å². The summed E-state index contributed by atoms with van der Waals surface area (Å²) in [5, 5.41) is 1.49. The van der Waals surface area contributed by atoms with Gasteiger partial charge in [0.2, 0.25) is 0 Å². The molecule has 130 valence electrons. The fourth-order valence-corrected chi connectivity index (χ4v) is 4.69. The minimum Gasteiger partial charge on any atom is -0.299 e. The Bertz CT molecular complexity index is 663. The van der Waals surface area contributed by atoms with Crippen LogP contribution in [0.3, 0.4) is 0 Å². The van der Waals surface area contributed by atoms with Gasteiger partial charge in [-0.3, -0.25) is 9.80 Å². The lowest BCUT2D eigenvalue weighted by Crippen LogP contribution is -2.42. The van der Waals surface area contributed by atoms with E-state index >= 15 is 0 Å². The molecule has 2 heterocycles. The quantitative estimate of drug-likeness (QED) is 0.683. The first-order valence-electron chi connectivity index (χ1n) is 7.98. The normalized spacial score (nSPS) is 16.9. The summed E-state index contributed by atoms with van der Waals surface area (Å²) in [6.45, 7) is 3.90. The maximum absolute atomic E-state index is 6.29.